The molecule has 8 nitrogen and oxygen atoms in total. The Bertz CT molecular complexity index is 1070. The van der Waals surface area contributed by atoms with Crippen LogP contribution in [0, 0.1) is 5.92 Å². The minimum atomic E-state index is -0.333. The summed E-state index contributed by atoms with van der Waals surface area (Å²) in [5, 5.41) is 0. The normalized spacial score (nSPS) is 16.6. The SMILES string of the molecule is CC(N)=O.CC1CCC(N(C)C(=O)c2ccc(-c3nc4ccccc4o3)cc2)C1.CCC(N)=O. The summed E-state index contributed by atoms with van der Waals surface area (Å²) in [6, 6.07) is 15.6. The number of nitrogens with two attached hydrogens (primary N) is 2. The molecule has 1 heterocycles. The summed E-state index contributed by atoms with van der Waals surface area (Å²) in [5.74, 6) is 0.799. The van der Waals surface area contributed by atoms with Crippen LogP contribution >= 0.6 is 0 Å². The number of hydrogen-bond acceptors (Lipinski definition) is 5. The first kappa shape index (κ1) is 26.6. The van der Waals surface area contributed by atoms with E-state index in [0.717, 1.165) is 29.5 Å². The van der Waals surface area contributed by atoms with Crippen molar-refractivity contribution in [1.82, 2.24) is 9.88 Å². The second-order valence-electron chi connectivity index (χ2n) is 8.48. The van der Waals surface area contributed by atoms with E-state index >= 15 is 0 Å². The van der Waals surface area contributed by atoms with Crippen LogP contribution in [0.15, 0.2) is 52.9 Å². The second kappa shape index (κ2) is 12.5. The van der Waals surface area contributed by atoms with Gasteiger partial charge in [0.15, 0.2) is 5.58 Å². The van der Waals surface area contributed by atoms with E-state index in [1.54, 1.807) is 6.92 Å². The van der Waals surface area contributed by atoms with Crippen molar-refractivity contribution in [1.29, 1.82) is 0 Å². The first-order valence-corrected chi connectivity index (χ1v) is 11.4. The van der Waals surface area contributed by atoms with E-state index in [9.17, 15) is 14.4 Å². The quantitative estimate of drug-likeness (QED) is 0.596. The lowest BCUT2D eigenvalue weighted by Gasteiger charge is -2.24. The molecule has 1 aromatic heterocycles. The van der Waals surface area contributed by atoms with Crippen LogP contribution in [-0.2, 0) is 9.59 Å². The van der Waals surface area contributed by atoms with Crippen LogP contribution in [0.1, 0.15) is 56.8 Å². The zero-order valence-electron chi connectivity index (χ0n) is 20.3. The van der Waals surface area contributed by atoms with Gasteiger partial charge in [-0.25, -0.2) is 4.98 Å². The van der Waals surface area contributed by atoms with Crippen molar-refractivity contribution in [3.63, 3.8) is 0 Å². The number of fused-ring (bicyclic) bond motifs is 1. The Labute approximate surface area is 200 Å². The van der Waals surface area contributed by atoms with Gasteiger partial charge < -0.3 is 20.8 Å². The number of amides is 3. The summed E-state index contributed by atoms with van der Waals surface area (Å²) in [6.45, 7) is 5.29. The molecule has 1 aliphatic carbocycles. The third-order valence-electron chi connectivity index (χ3n) is 5.56. The van der Waals surface area contributed by atoms with E-state index in [4.69, 9.17) is 4.42 Å². The zero-order valence-corrected chi connectivity index (χ0v) is 20.3. The molecule has 3 amide bonds. The monoisotopic (exact) mass is 466 g/mol. The molecule has 2 unspecified atom stereocenters. The van der Waals surface area contributed by atoms with Crippen molar-refractivity contribution in [2.45, 2.75) is 52.5 Å². The van der Waals surface area contributed by atoms with E-state index < -0.39 is 0 Å². The van der Waals surface area contributed by atoms with Crippen LogP contribution in [0.5, 0.6) is 0 Å². The largest absolute Gasteiger partial charge is 0.436 e. The molecule has 182 valence electrons. The lowest BCUT2D eigenvalue weighted by Crippen LogP contribution is -2.35. The number of primary amides is 2. The molecule has 2 aromatic carbocycles. The molecule has 0 radical (unpaired) electrons. The van der Waals surface area contributed by atoms with Gasteiger partial charge in [-0.3, -0.25) is 14.4 Å². The van der Waals surface area contributed by atoms with E-state index in [0.29, 0.717) is 29.8 Å². The average molecular weight is 467 g/mol. The summed E-state index contributed by atoms with van der Waals surface area (Å²) in [6.07, 6.45) is 3.85. The highest BCUT2D eigenvalue weighted by atomic mass is 16.3. The van der Waals surface area contributed by atoms with Gasteiger partial charge in [-0.1, -0.05) is 26.0 Å². The maximum atomic E-state index is 12.7. The standard InChI is InChI=1S/C21H22N2O2.C3H7NO.C2H5NO/c1-14-7-12-17(13-14)23(2)21(24)16-10-8-15(9-11-16)20-22-18-5-3-4-6-19(18)25-20;1-2-3(4)5;1-2(3)4/h3-6,8-11,14,17H,7,12-13H2,1-2H3;2H2,1H3,(H2,4,5);1H3,(H2,3,4). The van der Waals surface area contributed by atoms with E-state index in [1.807, 2.05) is 60.5 Å². The average Bonchev–Trinajstić information content (AvgIpc) is 3.44. The molecule has 3 aromatic rings. The Morgan fingerprint density at radius 3 is 2.15 bits per heavy atom. The third kappa shape index (κ3) is 7.72. The van der Waals surface area contributed by atoms with Crippen LogP contribution in [0.2, 0.25) is 0 Å². The zero-order chi connectivity index (χ0) is 25.3. The number of oxazole rings is 1. The molecule has 4 rings (SSSR count). The molecule has 1 aliphatic rings. The van der Waals surface area contributed by atoms with Crippen LogP contribution in [-0.4, -0.2) is 40.7 Å². The van der Waals surface area contributed by atoms with Crippen molar-refractivity contribution in [3.8, 4) is 11.5 Å². The molecule has 1 saturated carbocycles. The summed E-state index contributed by atoms with van der Waals surface area (Å²) in [4.78, 5) is 37.9. The minimum absolute atomic E-state index is 0.0863. The Kier molecular flexibility index (Phi) is 9.79. The molecule has 0 saturated heterocycles. The van der Waals surface area contributed by atoms with Crippen LogP contribution < -0.4 is 11.5 Å². The highest BCUT2D eigenvalue weighted by molar-refractivity contribution is 5.94. The van der Waals surface area contributed by atoms with Gasteiger partial charge in [-0.2, -0.15) is 0 Å². The number of rotatable bonds is 4. The lowest BCUT2D eigenvalue weighted by molar-refractivity contribution is -0.118. The number of benzene rings is 2. The number of carbonyl (C=O) groups is 3. The molecule has 4 N–H and O–H groups in total. The molecule has 1 fully saturated rings. The van der Waals surface area contributed by atoms with Crippen molar-refractivity contribution in [2.24, 2.45) is 17.4 Å². The fraction of sp³-hybridized carbons (Fsp3) is 0.385. The fourth-order valence-electron chi connectivity index (χ4n) is 3.65. The molecule has 0 aliphatic heterocycles. The second-order valence-corrected chi connectivity index (χ2v) is 8.48. The summed E-state index contributed by atoms with van der Waals surface area (Å²) >= 11 is 0. The Morgan fingerprint density at radius 2 is 1.65 bits per heavy atom. The van der Waals surface area contributed by atoms with Gasteiger partial charge in [-0.05, 0) is 61.6 Å². The lowest BCUT2D eigenvalue weighted by atomic mass is 10.1. The number of aromatic nitrogens is 1. The van der Waals surface area contributed by atoms with E-state index in [-0.39, 0.29) is 17.7 Å². The molecule has 0 spiro atoms. The third-order valence-corrected chi connectivity index (χ3v) is 5.56. The van der Waals surface area contributed by atoms with Gasteiger partial charge in [0.1, 0.15) is 5.52 Å². The molecule has 2 atom stereocenters. The Morgan fingerprint density at radius 1 is 1.06 bits per heavy atom. The minimum Gasteiger partial charge on any atom is -0.436 e. The van der Waals surface area contributed by atoms with Gasteiger partial charge in [0.25, 0.3) is 5.91 Å². The van der Waals surface area contributed by atoms with Crippen molar-refractivity contribution < 1.29 is 18.8 Å². The molecular formula is C26H34N4O4. The smallest absolute Gasteiger partial charge is 0.253 e. The number of nitrogens with zero attached hydrogens (tertiary/aromatic N) is 2. The van der Waals surface area contributed by atoms with Crippen molar-refractivity contribution >= 4 is 28.8 Å². The Hall–Kier alpha value is -3.68. The molecule has 0 bridgehead atoms. The highest BCUT2D eigenvalue weighted by Gasteiger charge is 2.28. The first-order valence-electron chi connectivity index (χ1n) is 11.4. The Balaban J connectivity index is 0.000000391. The van der Waals surface area contributed by atoms with Gasteiger partial charge in [0.05, 0.1) is 0 Å². The summed E-state index contributed by atoms with van der Waals surface area (Å²) in [5.41, 5.74) is 12.3. The van der Waals surface area contributed by atoms with E-state index in [2.05, 4.69) is 23.4 Å². The van der Waals surface area contributed by atoms with Crippen LogP contribution in [0.4, 0.5) is 0 Å². The highest BCUT2D eigenvalue weighted by Crippen LogP contribution is 2.29. The predicted octanol–water partition coefficient (Wildman–Crippen LogP) is 4.13. The van der Waals surface area contributed by atoms with Crippen LogP contribution in [0.25, 0.3) is 22.6 Å². The fourth-order valence-corrected chi connectivity index (χ4v) is 3.65. The molecular weight excluding hydrogens is 432 g/mol. The predicted molar refractivity (Wildman–Crippen MR) is 133 cm³/mol. The molecule has 8 heteroatoms. The van der Waals surface area contributed by atoms with Gasteiger partial charge in [0, 0.05) is 37.6 Å². The van der Waals surface area contributed by atoms with Gasteiger partial charge in [0.2, 0.25) is 17.7 Å². The number of carbonyl (C=O) groups excluding carboxylic acids is 3. The summed E-state index contributed by atoms with van der Waals surface area (Å²) in [7, 11) is 1.92. The first-order chi connectivity index (χ1) is 16.1. The van der Waals surface area contributed by atoms with E-state index in [1.165, 1.54) is 13.3 Å². The van der Waals surface area contributed by atoms with Gasteiger partial charge >= 0.3 is 0 Å². The number of hydrogen-bond donors (Lipinski definition) is 2. The topological polar surface area (TPSA) is 133 Å². The molecule has 34 heavy (non-hydrogen) atoms. The van der Waals surface area contributed by atoms with Gasteiger partial charge in [-0.15, -0.1) is 0 Å². The maximum absolute atomic E-state index is 12.7. The number of para-hydroxylation sites is 2. The van der Waals surface area contributed by atoms with Crippen molar-refractivity contribution in [2.75, 3.05) is 7.05 Å². The van der Waals surface area contributed by atoms with Crippen LogP contribution in [0.3, 0.4) is 0 Å². The summed E-state index contributed by atoms with van der Waals surface area (Å²) < 4.78 is 5.79. The van der Waals surface area contributed by atoms with Crippen molar-refractivity contribution in [3.05, 3.63) is 54.1 Å². The maximum Gasteiger partial charge on any atom is 0.253 e.